The van der Waals surface area contributed by atoms with Crippen molar-refractivity contribution in [3.8, 4) is 0 Å². The average molecular weight is 316 g/mol. The number of Topliss-reactive ketones (excluding diaryl/α,β-unsaturated/α-hetero) is 1. The third-order valence-corrected chi connectivity index (χ3v) is 3.09. The quantitative estimate of drug-likeness (QED) is 0.672. The van der Waals surface area contributed by atoms with E-state index in [1.165, 1.54) is 31.5 Å². The first-order valence-electron chi connectivity index (χ1n) is 6.98. The highest BCUT2D eigenvalue weighted by molar-refractivity contribution is 6.12. The monoisotopic (exact) mass is 316 g/mol. The highest BCUT2D eigenvalue weighted by Crippen LogP contribution is 2.28. The largest absolute Gasteiger partial charge is 0.462 e. The molecule has 2 heterocycles. The van der Waals surface area contributed by atoms with E-state index in [2.05, 4.69) is 10.3 Å². The first-order chi connectivity index (χ1) is 11.0. The number of hydrogen-bond donors (Lipinski definition) is 1. The molecule has 7 nitrogen and oxygen atoms in total. The lowest BCUT2D eigenvalue weighted by atomic mass is 10.1. The molecule has 0 aliphatic rings. The Hall–Kier alpha value is -2.96. The predicted molar refractivity (Wildman–Crippen MR) is 81.6 cm³/mol. The van der Waals surface area contributed by atoms with Crippen LogP contribution in [0.1, 0.15) is 50.7 Å². The zero-order valence-electron chi connectivity index (χ0n) is 13.0. The summed E-state index contributed by atoms with van der Waals surface area (Å²) >= 11 is 0. The summed E-state index contributed by atoms with van der Waals surface area (Å²) in [5.41, 5.74) is 0.376. The van der Waals surface area contributed by atoms with Gasteiger partial charge in [-0.3, -0.25) is 19.9 Å². The summed E-state index contributed by atoms with van der Waals surface area (Å²) in [6, 6.07) is 3.03. The number of nitrogens with zero attached hydrogens (tertiary/aromatic N) is 1. The lowest BCUT2D eigenvalue weighted by molar-refractivity contribution is 0.0524. The highest BCUT2D eigenvalue weighted by atomic mass is 16.5. The molecule has 0 unspecified atom stereocenters. The van der Waals surface area contributed by atoms with E-state index in [9.17, 15) is 14.4 Å². The lowest BCUT2D eigenvalue weighted by Gasteiger charge is -2.06. The zero-order chi connectivity index (χ0) is 17.0. The van der Waals surface area contributed by atoms with Gasteiger partial charge in [-0.2, -0.15) is 0 Å². The van der Waals surface area contributed by atoms with Gasteiger partial charge in [-0.15, -0.1) is 0 Å². The van der Waals surface area contributed by atoms with Crippen molar-refractivity contribution in [2.75, 3.05) is 11.9 Å². The molecule has 2 aromatic rings. The summed E-state index contributed by atoms with van der Waals surface area (Å²) in [5.74, 6) is -1.42. The molecule has 0 aromatic carbocycles. The van der Waals surface area contributed by atoms with Crippen molar-refractivity contribution in [3.63, 3.8) is 0 Å². The number of hydrogen-bond acceptors (Lipinski definition) is 6. The maximum atomic E-state index is 12.2. The minimum Gasteiger partial charge on any atom is -0.462 e. The molecule has 0 bridgehead atoms. The zero-order valence-corrected chi connectivity index (χ0v) is 13.0. The van der Waals surface area contributed by atoms with E-state index in [4.69, 9.17) is 9.15 Å². The third-order valence-electron chi connectivity index (χ3n) is 3.09. The van der Waals surface area contributed by atoms with Crippen molar-refractivity contribution in [2.24, 2.45) is 0 Å². The number of esters is 1. The number of nitrogens with one attached hydrogen (secondary N) is 1. The van der Waals surface area contributed by atoms with E-state index in [-0.39, 0.29) is 35.2 Å². The molecule has 0 radical (unpaired) electrons. The molecule has 0 saturated heterocycles. The van der Waals surface area contributed by atoms with Gasteiger partial charge in [-0.05, 0) is 32.9 Å². The van der Waals surface area contributed by atoms with Crippen molar-refractivity contribution in [1.29, 1.82) is 0 Å². The first-order valence-corrected chi connectivity index (χ1v) is 6.98. The number of anilines is 1. The number of aromatic nitrogens is 1. The molecule has 7 heteroatoms. The minimum atomic E-state index is -0.723. The van der Waals surface area contributed by atoms with Crippen LogP contribution in [-0.2, 0) is 4.74 Å². The number of amides is 1. The molecule has 0 saturated carbocycles. The Morgan fingerprint density at radius 2 is 1.87 bits per heavy atom. The Morgan fingerprint density at radius 1 is 1.22 bits per heavy atom. The van der Waals surface area contributed by atoms with Crippen LogP contribution in [0, 0.1) is 6.92 Å². The fourth-order valence-electron chi connectivity index (χ4n) is 2.13. The molecule has 1 amide bonds. The molecular weight excluding hydrogens is 300 g/mol. The van der Waals surface area contributed by atoms with Crippen LogP contribution in [0.3, 0.4) is 0 Å². The third kappa shape index (κ3) is 3.45. The van der Waals surface area contributed by atoms with Crippen LogP contribution in [0.2, 0.25) is 0 Å². The van der Waals surface area contributed by atoms with E-state index >= 15 is 0 Å². The van der Waals surface area contributed by atoms with E-state index in [1.54, 1.807) is 13.8 Å². The molecule has 0 fully saturated rings. The molecule has 0 aliphatic heterocycles. The van der Waals surface area contributed by atoms with E-state index in [0.29, 0.717) is 5.56 Å². The van der Waals surface area contributed by atoms with Crippen molar-refractivity contribution in [3.05, 3.63) is 47.0 Å². The smallest absolute Gasteiger partial charge is 0.344 e. The fourth-order valence-corrected chi connectivity index (χ4v) is 2.13. The van der Waals surface area contributed by atoms with E-state index < -0.39 is 11.9 Å². The number of pyridine rings is 1. The molecule has 0 spiro atoms. The van der Waals surface area contributed by atoms with Crippen LogP contribution in [0.5, 0.6) is 0 Å². The van der Waals surface area contributed by atoms with Gasteiger partial charge >= 0.3 is 5.97 Å². The van der Waals surface area contributed by atoms with Gasteiger partial charge in [0.25, 0.3) is 5.91 Å². The van der Waals surface area contributed by atoms with Gasteiger partial charge in [0.2, 0.25) is 5.88 Å². The first kappa shape index (κ1) is 16.4. The number of carbonyl (C=O) groups excluding carboxylic acids is 3. The van der Waals surface area contributed by atoms with Gasteiger partial charge in [0.1, 0.15) is 11.3 Å². The Bertz CT molecular complexity index is 749. The van der Waals surface area contributed by atoms with Gasteiger partial charge in [0, 0.05) is 18.0 Å². The Labute approximate surface area is 132 Å². The van der Waals surface area contributed by atoms with Gasteiger partial charge in [0.15, 0.2) is 5.78 Å². The van der Waals surface area contributed by atoms with Gasteiger partial charge in [0.05, 0.1) is 12.2 Å². The molecule has 120 valence electrons. The van der Waals surface area contributed by atoms with Gasteiger partial charge < -0.3 is 9.15 Å². The van der Waals surface area contributed by atoms with Gasteiger partial charge in [-0.25, -0.2) is 4.79 Å². The Balaban J connectivity index is 2.42. The predicted octanol–water partition coefficient (Wildman–Crippen LogP) is 2.61. The second kappa shape index (κ2) is 6.87. The van der Waals surface area contributed by atoms with E-state index in [1.807, 2.05) is 0 Å². The molecular formula is C16H16N2O5. The molecule has 0 atom stereocenters. The standard InChI is InChI=1S/C16H16N2O5/c1-4-22-16(21)13-12(9(2)19)10(3)23-15(13)18-14(20)11-5-7-17-8-6-11/h5-8H,4H2,1-3H3,(H,18,20). The average Bonchev–Trinajstić information content (AvgIpc) is 2.84. The summed E-state index contributed by atoms with van der Waals surface area (Å²) in [6.07, 6.45) is 2.94. The fraction of sp³-hybridized carbons (Fsp3) is 0.250. The van der Waals surface area contributed by atoms with Crippen molar-refractivity contribution < 1.29 is 23.5 Å². The number of aryl methyl sites for hydroxylation is 1. The number of carbonyl (C=O) groups is 3. The van der Waals surface area contributed by atoms with Crippen LogP contribution in [-0.4, -0.2) is 29.3 Å². The minimum absolute atomic E-state index is 0.0701. The van der Waals surface area contributed by atoms with Crippen molar-refractivity contribution >= 4 is 23.5 Å². The maximum Gasteiger partial charge on any atom is 0.344 e. The number of ketones is 1. The van der Waals surface area contributed by atoms with Crippen LogP contribution in [0.25, 0.3) is 0 Å². The second-order valence-corrected chi connectivity index (χ2v) is 4.70. The highest BCUT2D eigenvalue weighted by Gasteiger charge is 2.28. The number of ether oxygens (including phenoxy) is 1. The summed E-state index contributed by atoms with van der Waals surface area (Å²) < 4.78 is 10.3. The Kier molecular flexibility index (Phi) is 4.90. The maximum absolute atomic E-state index is 12.2. The van der Waals surface area contributed by atoms with Gasteiger partial charge in [-0.1, -0.05) is 0 Å². The topological polar surface area (TPSA) is 98.5 Å². The van der Waals surface area contributed by atoms with Crippen molar-refractivity contribution in [2.45, 2.75) is 20.8 Å². The summed E-state index contributed by atoms with van der Waals surface area (Å²) in [6.45, 7) is 4.64. The molecule has 2 rings (SSSR count). The van der Waals surface area contributed by atoms with Crippen LogP contribution in [0.15, 0.2) is 28.9 Å². The normalized spacial score (nSPS) is 10.2. The van der Waals surface area contributed by atoms with Crippen LogP contribution in [0.4, 0.5) is 5.88 Å². The summed E-state index contributed by atoms with van der Waals surface area (Å²) in [7, 11) is 0. The summed E-state index contributed by atoms with van der Waals surface area (Å²) in [5, 5.41) is 2.50. The van der Waals surface area contributed by atoms with Crippen molar-refractivity contribution in [1.82, 2.24) is 4.98 Å². The summed E-state index contributed by atoms with van der Waals surface area (Å²) in [4.78, 5) is 39.9. The van der Waals surface area contributed by atoms with Crippen LogP contribution < -0.4 is 5.32 Å². The molecule has 2 aromatic heterocycles. The van der Waals surface area contributed by atoms with E-state index in [0.717, 1.165) is 0 Å². The Morgan fingerprint density at radius 3 is 2.43 bits per heavy atom. The van der Waals surface area contributed by atoms with Crippen LogP contribution >= 0.6 is 0 Å². The second-order valence-electron chi connectivity index (χ2n) is 4.70. The number of furan rings is 1. The number of rotatable bonds is 5. The molecule has 1 N–H and O–H groups in total. The molecule has 0 aliphatic carbocycles. The molecule has 23 heavy (non-hydrogen) atoms. The lowest BCUT2D eigenvalue weighted by Crippen LogP contribution is -2.16. The SMILES string of the molecule is CCOC(=O)c1c(NC(=O)c2ccncc2)oc(C)c1C(C)=O.